The maximum atomic E-state index is 9.51. The van der Waals surface area contributed by atoms with Gasteiger partial charge in [0, 0.05) is 32.7 Å². The number of aliphatic imine (C=N–C) groups is 1. The summed E-state index contributed by atoms with van der Waals surface area (Å²) in [6, 6.07) is 50.6. The zero-order valence-electron chi connectivity index (χ0n) is 24.6. The van der Waals surface area contributed by atoms with Crippen molar-refractivity contribution in [3.8, 4) is 17.2 Å². The monoisotopic (exact) mass is 592 g/mol. The Balaban J connectivity index is 1.21. The number of hydrogen-bond donors (Lipinski definition) is 1. The average molecular weight is 593 g/mol. The Hall–Kier alpha value is -6.16. The summed E-state index contributed by atoms with van der Waals surface area (Å²) in [6.45, 7) is 0. The number of nitrogens with zero attached hydrogens (tertiary/aromatic N) is 4. The first-order valence-corrected chi connectivity index (χ1v) is 15.5. The summed E-state index contributed by atoms with van der Waals surface area (Å²) < 4.78 is 8.94. The third-order valence-electron chi connectivity index (χ3n) is 9.51. The Bertz CT molecular complexity index is 2590. The number of nitriles is 1. The first kappa shape index (κ1) is 25.2. The molecule has 2 aliphatic rings. The number of furan rings is 1. The summed E-state index contributed by atoms with van der Waals surface area (Å²) >= 11 is 0. The molecule has 3 unspecified atom stereocenters. The molecule has 6 heteroatoms. The fourth-order valence-electron chi connectivity index (χ4n) is 7.43. The van der Waals surface area contributed by atoms with Crippen LogP contribution in [0.25, 0.3) is 54.9 Å². The molecule has 46 heavy (non-hydrogen) atoms. The lowest BCUT2D eigenvalue weighted by atomic mass is 10.0. The van der Waals surface area contributed by atoms with Crippen LogP contribution >= 0.6 is 0 Å². The van der Waals surface area contributed by atoms with Crippen LogP contribution < -0.4 is 5.01 Å². The van der Waals surface area contributed by atoms with Gasteiger partial charge in [0.15, 0.2) is 5.58 Å². The number of fused-ring (bicyclic) bond motifs is 8. The number of rotatable bonds is 3. The second kappa shape index (κ2) is 9.42. The van der Waals surface area contributed by atoms with Gasteiger partial charge in [0.2, 0.25) is 6.17 Å². The highest BCUT2D eigenvalue weighted by Crippen LogP contribution is 2.42. The Morgan fingerprint density at radius 2 is 1.37 bits per heavy atom. The van der Waals surface area contributed by atoms with E-state index in [-0.39, 0.29) is 12.3 Å². The predicted molar refractivity (Wildman–Crippen MR) is 181 cm³/mol. The Kier molecular flexibility index (Phi) is 5.16. The molecule has 6 aromatic carbocycles. The zero-order chi connectivity index (χ0) is 30.4. The van der Waals surface area contributed by atoms with Gasteiger partial charge in [-0.2, -0.15) is 15.3 Å². The van der Waals surface area contributed by atoms with Crippen LogP contribution in [0.4, 0.5) is 0 Å². The van der Waals surface area contributed by atoms with Crippen LogP contribution in [0.3, 0.4) is 0 Å². The van der Waals surface area contributed by atoms with E-state index in [4.69, 9.17) is 9.41 Å². The van der Waals surface area contributed by atoms with E-state index in [1.807, 2.05) is 30.3 Å². The fraction of sp³-hybridized carbons (Fsp3) is 0.0500. The van der Waals surface area contributed by atoms with Gasteiger partial charge >= 0.3 is 0 Å². The molecule has 8 aromatic rings. The largest absolute Gasteiger partial charge is 0.454 e. The first-order chi connectivity index (χ1) is 22.8. The molecule has 1 saturated heterocycles. The van der Waals surface area contributed by atoms with E-state index < -0.39 is 0 Å². The summed E-state index contributed by atoms with van der Waals surface area (Å²) in [7, 11) is 0. The van der Waals surface area contributed by atoms with Crippen LogP contribution in [0, 0.1) is 11.3 Å². The number of aromatic nitrogens is 1. The van der Waals surface area contributed by atoms with Crippen molar-refractivity contribution in [1.82, 2.24) is 9.58 Å². The molecule has 6 nitrogen and oxygen atoms in total. The molecule has 0 aliphatic carbocycles. The van der Waals surface area contributed by atoms with Crippen molar-refractivity contribution in [2.75, 3.05) is 0 Å². The second-order valence-electron chi connectivity index (χ2n) is 12.0. The molecule has 0 radical (unpaired) electrons. The quantitative estimate of drug-likeness (QED) is 0.212. The maximum absolute atomic E-state index is 9.51. The summed E-state index contributed by atoms with van der Waals surface area (Å²) in [4.78, 5) is 5.51. The van der Waals surface area contributed by atoms with Gasteiger partial charge in [0.1, 0.15) is 11.1 Å². The van der Waals surface area contributed by atoms with Crippen LogP contribution in [0.2, 0.25) is 0 Å². The van der Waals surface area contributed by atoms with E-state index in [1.165, 1.54) is 16.0 Å². The van der Waals surface area contributed by atoms with Gasteiger partial charge in [0.25, 0.3) is 12.1 Å². The molecular formula is C40H26N5O+. The van der Waals surface area contributed by atoms with Crippen molar-refractivity contribution in [3.05, 3.63) is 156 Å². The van der Waals surface area contributed by atoms with Crippen molar-refractivity contribution in [1.29, 1.82) is 5.26 Å². The zero-order valence-corrected chi connectivity index (χ0v) is 24.6. The Labute approximate surface area is 264 Å². The van der Waals surface area contributed by atoms with Crippen LogP contribution in [0.15, 0.2) is 149 Å². The second-order valence-corrected chi connectivity index (χ2v) is 12.0. The van der Waals surface area contributed by atoms with Crippen LogP contribution in [-0.4, -0.2) is 15.5 Å². The van der Waals surface area contributed by atoms with Crippen molar-refractivity contribution in [2.45, 2.75) is 12.3 Å². The van der Waals surface area contributed by atoms with Crippen LogP contribution in [-0.2, 0) is 0 Å². The smallest absolute Gasteiger partial charge is 0.265 e. The number of benzene rings is 6. The third-order valence-corrected chi connectivity index (χ3v) is 9.51. The van der Waals surface area contributed by atoms with Gasteiger partial charge in [-0.15, -0.1) is 5.01 Å². The van der Waals surface area contributed by atoms with E-state index in [0.717, 1.165) is 61.0 Å². The molecule has 2 aromatic heterocycles. The van der Waals surface area contributed by atoms with E-state index in [1.54, 1.807) is 0 Å². The normalized spacial score (nSPS) is 18.7. The van der Waals surface area contributed by atoms with Gasteiger partial charge < -0.3 is 4.42 Å². The average Bonchev–Trinajstić information content (AvgIpc) is 3.37. The molecule has 10 rings (SSSR count). The first-order valence-electron chi connectivity index (χ1n) is 15.5. The highest BCUT2D eigenvalue weighted by atomic mass is 16.3. The minimum absolute atomic E-state index is 0.121. The van der Waals surface area contributed by atoms with Gasteiger partial charge in [-0.1, -0.05) is 103 Å². The summed E-state index contributed by atoms with van der Waals surface area (Å²) in [5.74, 6) is 0.907. The molecule has 3 atom stereocenters. The molecule has 0 amide bonds. The van der Waals surface area contributed by atoms with Crippen molar-refractivity contribution >= 4 is 49.7 Å². The van der Waals surface area contributed by atoms with Crippen molar-refractivity contribution in [2.24, 2.45) is 4.99 Å². The SMILES string of the molecule is N#Cc1cccc(-c2cccc(C3N=C(n4c5ccccc5c5ccc6c7ccccc7oc6c54)N4C(c5ccccc5)[NH+]34)c2)c1. The van der Waals surface area contributed by atoms with Crippen LogP contribution in [0.5, 0.6) is 0 Å². The van der Waals surface area contributed by atoms with Crippen molar-refractivity contribution < 1.29 is 9.43 Å². The summed E-state index contributed by atoms with van der Waals surface area (Å²) in [6.07, 6.45) is -0.0271. The molecule has 0 bridgehead atoms. The third kappa shape index (κ3) is 3.52. The Morgan fingerprint density at radius 3 is 2.24 bits per heavy atom. The molecule has 2 aliphatic heterocycles. The molecule has 0 saturated carbocycles. The minimum Gasteiger partial charge on any atom is -0.454 e. The standard InChI is InChI=1S/C40H25N5O/c41-24-25-10-8-13-27(22-25)28-14-9-15-29(23-28)38-42-40(45-39(44(38)45)26-11-2-1-3-12-26)43-34-18-6-4-16-30(34)32-20-21-33-31-17-5-7-19-35(31)46-37(33)36(32)43/h1-23,38-39H/p+1. The molecule has 1 fully saturated rings. The number of quaternary nitrogens is 1. The van der Waals surface area contributed by atoms with E-state index in [9.17, 15) is 5.26 Å². The lowest BCUT2D eigenvalue weighted by Gasteiger charge is -2.10. The van der Waals surface area contributed by atoms with E-state index >= 15 is 0 Å². The summed E-state index contributed by atoms with van der Waals surface area (Å²) in [5, 5.41) is 17.7. The van der Waals surface area contributed by atoms with Gasteiger partial charge in [-0.3, -0.25) is 4.57 Å². The molecule has 1 N–H and O–H groups in total. The highest BCUT2D eigenvalue weighted by Gasteiger charge is 2.65. The number of hydrogen-bond acceptors (Lipinski definition) is 4. The Morgan fingerprint density at radius 1 is 0.652 bits per heavy atom. The number of para-hydroxylation sites is 2. The molecular weight excluding hydrogens is 566 g/mol. The van der Waals surface area contributed by atoms with E-state index in [0.29, 0.717) is 5.56 Å². The topological polar surface area (TPSA) is 61.7 Å². The van der Waals surface area contributed by atoms with Gasteiger partial charge in [-0.05, 0) is 47.5 Å². The highest BCUT2D eigenvalue weighted by molar-refractivity contribution is 6.23. The van der Waals surface area contributed by atoms with Gasteiger partial charge in [-0.25, -0.2) is 0 Å². The summed E-state index contributed by atoms with van der Waals surface area (Å²) in [5.41, 5.74) is 9.02. The molecule has 0 spiro atoms. The molecule has 4 heterocycles. The van der Waals surface area contributed by atoms with Gasteiger partial charge in [0.05, 0.1) is 17.1 Å². The van der Waals surface area contributed by atoms with Crippen molar-refractivity contribution in [3.63, 3.8) is 0 Å². The fourth-order valence-corrected chi connectivity index (χ4v) is 7.43. The lowest BCUT2D eigenvalue weighted by Crippen LogP contribution is -2.94. The minimum atomic E-state index is -0.148. The number of nitrogens with one attached hydrogen (secondary N) is 1. The van der Waals surface area contributed by atoms with E-state index in [2.05, 4.69) is 125 Å². The predicted octanol–water partition coefficient (Wildman–Crippen LogP) is 7.96. The maximum Gasteiger partial charge on any atom is 0.265 e. The molecule has 216 valence electrons. The lowest BCUT2D eigenvalue weighted by molar-refractivity contribution is -0.864. The van der Waals surface area contributed by atoms with Crippen LogP contribution in [0.1, 0.15) is 29.0 Å².